The van der Waals surface area contributed by atoms with Crippen LogP contribution < -0.4 is 10.6 Å². The lowest BCUT2D eigenvalue weighted by Crippen LogP contribution is -2.27. The van der Waals surface area contributed by atoms with Crippen LogP contribution in [0.2, 0.25) is 5.02 Å². The molecule has 4 rings (SSSR count). The van der Waals surface area contributed by atoms with E-state index in [9.17, 15) is 18.0 Å². The van der Waals surface area contributed by atoms with Gasteiger partial charge in [0.05, 0.1) is 18.0 Å². The van der Waals surface area contributed by atoms with Crippen molar-refractivity contribution >= 4 is 34.4 Å². The van der Waals surface area contributed by atoms with Gasteiger partial charge in [0.25, 0.3) is 0 Å². The first-order chi connectivity index (χ1) is 15.8. The number of aromatic amines is 1. The molecule has 1 amide bonds. The van der Waals surface area contributed by atoms with Crippen molar-refractivity contribution in [3.05, 3.63) is 82.8 Å². The van der Waals surface area contributed by atoms with Crippen molar-refractivity contribution in [1.82, 2.24) is 25.3 Å². The molecule has 7 nitrogen and oxygen atoms in total. The number of alkyl halides is 2. The van der Waals surface area contributed by atoms with Crippen LogP contribution in [0.1, 0.15) is 16.8 Å². The lowest BCUT2D eigenvalue weighted by atomic mass is 10.1. The molecule has 0 spiro atoms. The Balaban J connectivity index is 1.41. The predicted octanol–water partition coefficient (Wildman–Crippen LogP) is 4.21. The van der Waals surface area contributed by atoms with Gasteiger partial charge in [0, 0.05) is 42.3 Å². The Hall–Kier alpha value is -3.66. The Bertz CT molecular complexity index is 1280. The number of nitrogens with one attached hydrogen (secondary N) is 3. The van der Waals surface area contributed by atoms with Crippen LogP contribution in [-0.4, -0.2) is 32.4 Å². The summed E-state index contributed by atoms with van der Waals surface area (Å²) in [5.74, 6) is -5.26. The Morgan fingerprint density at radius 2 is 2.00 bits per heavy atom. The second-order valence-electron chi connectivity index (χ2n) is 7.23. The number of carbonyl (C=O) groups excluding carboxylic acids is 1. The molecule has 4 aromatic rings. The summed E-state index contributed by atoms with van der Waals surface area (Å²) in [6.07, 6.45) is 5.33. The molecule has 0 unspecified atom stereocenters. The highest BCUT2D eigenvalue weighted by Crippen LogP contribution is 2.28. The predicted molar refractivity (Wildman–Crippen MR) is 117 cm³/mol. The van der Waals surface area contributed by atoms with E-state index < -0.39 is 42.1 Å². The monoisotopic (exact) mass is 474 g/mol. The van der Waals surface area contributed by atoms with Gasteiger partial charge in [0.15, 0.2) is 11.6 Å². The molecule has 11 heteroatoms. The highest BCUT2D eigenvalue weighted by Gasteiger charge is 2.33. The van der Waals surface area contributed by atoms with Crippen LogP contribution in [0, 0.1) is 5.82 Å². The fourth-order valence-electron chi connectivity index (χ4n) is 3.16. The normalized spacial score (nSPS) is 11.5. The average molecular weight is 475 g/mol. The van der Waals surface area contributed by atoms with E-state index in [0.717, 1.165) is 22.8 Å². The maximum Gasteiger partial charge on any atom is 0.306 e. The first-order valence-electron chi connectivity index (χ1n) is 9.88. The molecule has 0 saturated carbocycles. The Morgan fingerprint density at radius 3 is 2.79 bits per heavy atom. The van der Waals surface area contributed by atoms with E-state index in [1.165, 1.54) is 24.4 Å². The molecule has 0 aromatic carbocycles. The number of H-pyrrole nitrogens is 1. The fraction of sp³-hybridized carbons (Fsp3) is 0.182. The van der Waals surface area contributed by atoms with Crippen molar-refractivity contribution in [2.24, 2.45) is 0 Å². The third-order valence-electron chi connectivity index (χ3n) is 4.87. The molecule has 0 atom stereocenters. The third kappa shape index (κ3) is 5.23. The van der Waals surface area contributed by atoms with Crippen LogP contribution in [0.25, 0.3) is 11.0 Å². The maximum absolute atomic E-state index is 14.9. The highest BCUT2D eigenvalue weighted by atomic mass is 35.5. The summed E-state index contributed by atoms with van der Waals surface area (Å²) >= 11 is 6.02. The topological polar surface area (TPSA) is 95.6 Å². The number of amides is 1. The van der Waals surface area contributed by atoms with Gasteiger partial charge in [0.1, 0.15) is 11.3 Å². The smallest absolute Gasteiger partial charge is 0.306 e. The number of nitrogens with zero attached hydrogens (tertiary/aromatic N) is 3. The van der Waals surface area contributed by atoms with E-state index in [-0.39, 0.29) is 17.1 Å². The maximum atomic E-state index is 14.9. The van der Waals surface area contributed by atoms with Crippen LogP contribution in [0.4, 0.5) is 19.0 Å². The number of aromatic nitrogens is 4. The molecule has 0 bridgehead atoms. The van der Waals surface area contributed by atoms with Gasteiger partial charge in [-0.15, -0.1) is 0 Å². The standard InChI is InChI=1S/C22H18ClF3N6O/c23-16-11-31-21(32-12-22(25,26)17-3-1-2-5-27-17)19(24)15(16)8-18(33)29-9-13-7-14-4-6-28-20(14)30-10-13/h1-7,10-11H,8-9,12H2,(H,28,30)(H,29,33)(H,31,32). The minimum Gasteiger partial charge on any atom is -0.361 e. The number of pyridine rings is 3. The van der Waals surface area contributed by atoms with Crippen molar-refractivity contribution in [3.8, 4) is 0 Å². The molecule has 4 aromatic heterocycles. The van der Waals surface area contributed by atoms with Crippen molar-refractivity contribution in [2.45, 2.75) is 18.9 Å². The lowest BCUT2D eigenvalue weighted by Gasteiger charge is -2.17. The van der Waals surface area contributed by atoms with Crippen LogP contribution in [0.15, 0.2) is 55.1 Å². The largest absolute Gasteiger partial charge is 0.361 e. The van der Waals surface area contributed by atoms with Crippen LogP contribution in [-0.2, 0) is 23.7 Å². The first kappa shape index (κ1) is 22.5. The second kappa shape index (κ2) is 9.45. The molecule has 170 valence electrons. The second-order valence-corrected chi connectivity index (χ2v) is 7.64. The summed E-state index contributed by atoms with van der Waals surface area (Å²) in [6.45, 7) is -0.755. The number of fused-ring (bicyclic) bond motifs is 1. The molecule has 33 heavy (non-hydrogen) atoms. The van der Waals surface area contributed by atoms with E-state index in [0.29, 0.717) is 0 Å². The lowest BCUT2D eigenvalue weighted by molar-refractivity contribution is -0.120. The SMILES string of the molecule is O=C(Cc1c(Cl)cnc(NCC(F)(F)c2ccccn2)c1F)NCc1cnc2[nH]ccc2c1. The minimum atomic E-state index is -3.36. The summed E-state index contributed by atoms with van der Waals surface area (Å²) in [4.78, 5) is 27.0. The van der Waals surface area contributed by atoms with E-state index in [4.69, 9.17) is 11.6 Å². The van der Waals surface area contributed by atoms with Gasteiger partial charge >= 0.3 is 5.92 Å². The zero-order valence-corrected chi connectivity index (χ0v) is 17.8. The molecular formula is C22H18ClF3N6O. The van der Waals surface area contributed by atoms with Crippen molar-refractivity contribution in [2.75, 3.05) is 11.9 Å². The molecule has 0 fully saturated rings. The molecule has 0 aliphatic carbocycles. The van der Waals surface area contributed by atoms with Gasteiger partial charge in [-0.2, -0.15) is 8.78 Å². The van der Waals surface area contributed by atoms with E-state index >= 15 is 0 Å². The van der Waals surface area contributed by atoms with Crippen molar-refractivity contribution in [1.29, 1.82) is 0 Å². The Labute approximate surface area is 191 Å². The molecule has 4 heterocycles. The summed E-state index contributed by atoms with van der Waals surface area (Å²) in [7, 11) is 0. The summed E-state index contributed by atoms with van der Waals surface area (Å²) in [5.41, 5.74) is 0.881. The quantitative estimate of drug-likeness (QED) is 0.355. The Morgan fingerprint density at radius 1 is 1.15 bits per heavy atom. The number of rotatable bonds is 8. The van der Waals surface area contributed by atoms with Gasteiger partial charge in [0.2, 0.25) is 5.91 Å². The van der Waals surface area contributed by atoms with Gasteiger partial charge in [-0.05, 0) is 29.8 Å². The zero-order chi connectivity index (χ0) is 23.4. The average Bonchev–Trinajstić information content (AvgIpc) is 3.28. The number of halogens is 4. The highest BCUT2D eigenvalue weighted by molar-refractivity contribution is 6.31. The Kier molecular flexibility index (Phi) is 6.45. The van der Waals surface area contributed by atoms with Gasteiger partial charge < -0.3 is 15.6 Å². The van der Waals surface area contributed by atoms with Gasteiger partial charge in [-0.1, -0.05) is 17.7 Å². The number of anilines is 1. The first-order valence-corrected chi connectivity index (χ1v) is 10.3. The number of carbonyl (C=O) groups is 1. The van der Waals surface area contributed by atoms with E-state index in [2.05, 4.69) is 30.6 Å². The van der Waals surface area contributed by atoms with Gasteiger partial charge in [-0.3, -0.25) is 9.78 Å². The van der Waals surface area contributed by atoms with Gasteiger partial charge in [-0.25, -0.2) is 14.4 Å². The zero-order valence-electron chi connectivity index (χ0n) is 17.1. The summed E-state index contributed by atoms with van der Waals surface area (Å²) in [6, 6.07) is 7.83. The van der Waals surface area contributed by atoms with Crippen molar-refractivity contribution in [3.63, 3.8) is 0 Å². The molecule has 0 aliphatic heterocycles. The number of hydrogen-bond acceptors (Lipinski definition) is 5. The molecule has 3 N–H and O–H groups in total. The van der Waals surface area contributed by atoms with Crippen molar-refractivity contribution < 1.29 is 18.0 Å². The molecular weight excluding hydrogens is 457 g/mol. The number of hydrogen-bond donors (Lipinski definition) is 3. The third-order valence-corrected chi connectivity index (χ3v) is 5.20. The molecule has 0 aliphatic rings. The molecule has 0 saturated heterocycles. The summed E-state index contributed by atoms with van der Waals surface area (Å²) in [5, 5.41) is 5.77. The van der Waals surface area contributed by atoms with Crippen LogP contribution in [0.5, 0.6) is 0 Å². The van der Waals surface area contributed by atoms with E-state index in [1.54, 1.807) is 12.4 Å². The van der Waals surface area contributed by atoms with Crippen LogP contribution >= 0.6 is 11.6 Å². The van der Waals surface area contributed by atoms with Crippen LogP contribution in [0.3, 0.4) is 0 Å². The summed E-state index contributed by atoms with van der Waals surface area (Å²) < 4.78 is 43.6. The minimum absolute atomic E-state index is 0.0832. The van der Waals surface area contributed by atoms with E-state index in [1.807, 2.05) is 12.1 Å². The molecule has 0 radical (unpaired) electrons. The fourth-order valence-corrected chi connectivity index (χ4v) is 3.36.